The van der Waals surface area contributed by atoms with E-state index < -0.39 is 10.0 Å². The second-order valence-electron chi connectivity index (χ2n) is 4.14. The zero-order chi connectivity index (χ0) is 14.8. The standard InChI is InChI=1S/C12H12BrClN2O2S2/c1-16(6-10-7-19-8-15-10)20(17,18)12-3-2-9(5-14)4-11(12)13/h2-4,7-8H,5-6H2,1H3. The molecule has 4 nitrogen and oxygen atoms in total. The molecule has 0 aliphatic heterocycles. The second-order valence-corrected chi connectivity index (χ2v) is 7.99. The minimum atomic E-state index is -3.56. The molecular formula is C12H12BrClN2O2S2. The maximum Gasteiger partial charge on any atom is 0.244 e. The molecular weight excluding hydrogens is 384 g/mol. The van der Waals surface area contributed by atoms with Gasteiger partial charge in [0.05, 0.1) is 22.6 Å². The van der Waals surface area contributed by atoms with Crippen LogP contribution in [0.25, 0.3) is 0 Å². The van der Waals surface area contributed by atoms with Gasteiger partial charge in [0.15, 0.2) is 0 Å². The Morgan fingerprint density at radius 2 is 2.20 bits per heavy atom. The van der Waals surface area contributed by atoms with Gasteiger partial charge in [-0.2, -0.15) is 4.31 Å². The van der Waals surface area contributed by atoms with Gasteiger partial charge in [0.25, 0.3) is 0 Å². The molecule has 0 N–H and O–H groups in total. The summed E-state index contributed by atoms with van der Waals surface area (Å²) in [6, 6.07) is 4.99. The van der Waals surface area contributed by atoms with Gasteiger partial charge in [-0.25, -0.2) is 13.4 Å². The van der Waals surface area contributed by atoms with E-state index in [-0.39, 0.29) is 11.4 Å². The molecule has 2 aromatic rings. The highest BCUT2D eigenvalue weighted by atomic mass is 79.9. The third-order valence-electron chi connectivity index (χ3n) is 2.71. The fraction of sp³-hybridized carbons (Fsp3) is 0.250. The number of halogens is 2. The first-order valence-corrected chi connectivity index (χ1v) is 9.34. The zero-order valence-corrected chi connectivity index (χ0v) is 14.6. The average molecular weight is 396 g/mol. The molecule has 0 amide bonds. The van der Waals surface area contributed by atoms with E-state index in [1.165, 1.54) is 22.7 Å². The molecule has 108 valence electrons. The summed E-state index contributed by atoms with van der Waals surface area (Å²) in [7, 11) is -2.02. The van der Waals surface area contributed by atoms with Gasteiger partial charge in [0.2, 0.25) is 10.0 Å². The number of nitrogens with zero attached hydrogens (tertiary/aromatic N) is 2. The molecule has 0 unspecified atom stereocenters. The molecule has 8 heteroatoms. The predicted octanol–water partition coefficient (Wildman–Crippen LogP) is 3.47. The smallest absolute Gasteiger partial charge is 0.244 e. The number of hydrogen-bond donors (Lipinski definition) is 0. The van der Waals surface area contributed by atoms with Crippen molar-refractivity contribution in [1.29, 1.82) is 0 Å². The highest BCUT2D eigenvalue weighted by Crippen LogP contribution is 2.27. The lowest BCUT2D eigenvalue weighted by atomic mass is 10.2. The topological polar surface area (TPSA) is 50.3 Å². The van der Waals surface area contributed by atoms with Crippen molar-refractivity contribution in [2.45, 2.75) is 17.3 Å². The van der Waals surface area contributed by atoms with E-state index in [9.17, 15) is 8.42 Å². The number of sulfonamides is 1. The van der Waals surface area contributed by atoms with Crippen LogP contribution in [0.5, 0.6) is 0 Å². The van der Waals surface area contributed by atoms with Crippen LogP contribution < -0.4 is 0 Å². The molecule has 1 heterocycles. The minimum Gasteiger partial charge on any atom is -0.248 e. The quantitative estimate of drug-likeness (QED) is 0.728. The van der Waals surface area contributed by atoms with Crippen LogP contribution >= 0.6 is 38.9 Å². The normalized spacial score (nSPS) is 12.0. The molecule has 0 radical (unpaired) electrons. The number of hydrogen-bond acceptors (Lipinski definition) is 4. The summed E-state index contributed by atoms with van der Waals surface area (Å²) in [4.78, 5) is 4.32. The fourth-order valence-corrected chi connectivity index (χ4v) is 4.57. The second kappa shape index (κ2) is 6.53. The third-order valence-corrected chi connectivity index (χ3v) is 6.43. The van der Waals surface area contributed by atoms with Crippen molar-refractivity contribution in [2.75, 3.05) is 7.05 Å². The van der Waals surface area contributed by atoms with Gasteiger partial charge in [0.1, 0.15) is 0 Å². The van der Waals surface area contributed by atoms with Crippen molar-refractivity contribution in [2.24, 2.45) is 0 Å². The zero-order valence-electron chi connectivity index (χ0n) is 10.6. The first-order valence-electron chi connectivity index (χ1n) is 5.63. The Morgan fingerprint density at radius 1 is 1.45 bits per heavy atom. The molecule has 20 heavy (non-hydrogen) atoms. The number of rotatable bonds is 5. The van der Waals surface area contributed by atoms with Crippen LogP contribution in [0.15, 0.2) is 38.5 Å². The molecule has 0 aliphatic rings. The van der Waals surface area contributed by atoms with E-state index in [0.717, 1.165) is 11.3 Å². The molecule has 1 aromatic heterocycles. The van der Waals surface area contributed by atoms with Crippen molar-refractivity contribution < 1.29 is 8.42 Å². The monoisotopic (exact) mass is 394 g/mol. The molecule has 0 aliphatic carbocycles. The highest BCUT2D eigenvalue weighted by Gasteiger charge is 2.24. The Balaban J connectivity index is 2.30. The average Bonchev–Trinajstić information content (AvgIpc) is 2.91. The first-order chi connectivity index (χ1) is 9.45. The fourth-order valence-electron chi connectivity index (χ4n) is 1.63. The summed E-state index contributed by atoms with van der Waals surface area (Å²) in [5.41, 5.74) is 3.27. The largest absolute Gasteiger partial charge is 0.248 e. The Kier molecular flexibility index (Phi) is 5.19. The predicted molar refractivity (Wildman–Crippen MR) is 84.5 cm³/mol. The van der Waals surface area contributed by atoms with Crippen LogP contribution in [0.3, 0.4) is 0 Å². The van der Waals surface area contributed by atoms with E-state index in [1.807, 2.05) is 5.38 Å². The van der Waals surface area contributed by atoms with E-state index in [2.05, 4.69) is 20.9 Å². The van der Waals surface area contributed by atoms with Gasteiger partial charge in [-0.05, 0) is 33.6 Å². The van der Waals surface area contributed by atoms with Crippen LogP contribution in [0.1, 0.15) is 11.3 Å². The van der Waals surface area contributed by atoms with Crippen LogP contribution in [0.4, 0.5) is 0 Å². The lowest BCUT2D eigenvalue weighted by molar-refractivity contribution is 0.462. The summed E-state index contributed by atoms with van der Waals surface area (Å²) < 4.78 is 26.8. The summed E-state index contributed by atoms with van der Waals surface area (Å²) in [6.07, 6.45) is 0. The minimum absolute atomic E-state index is 0.226. The van der Waals surface area contributed by atoms with E-state index in [1.54, 1.807) is 23.7 Å². The van der Waals surface area contributed by atoms with Gasteiger partial charge in [-0.1, -0.05) is 6.07 Å². The Hall–Kier alpha value is -0.470. The Labute approximate surface area is 135 Å². The molecule has 2 rings (SSSR count). The molecule has 0 fully saturated rings. The van der Waals surface area contributed by atoms with Crippen molar-refractivity contribution in [3.63, 3.8) is 0 Å². The summed E-state index contributed by atoms with van der Waals surface area (Å²) in [5, 5.41) is 1.83. The number of aromatic nitrogens is 1. The lowest BCUT2D eigenvalue weighted by Crippen LogP contribution is -2.27. The highest BCUT2D eigenvalue weighted by molar-refractivity contribution is 9.10. The summed E-state index contributed by atoms with van der Waals surface area (Å²) >= 11 is 10.5. The lowest BCUT2D eigenvalue weighted by Gasteiger charge is -2.17. The van der Waals surface area contributed by atoms with Gasteiger partial charge in [0, 0.05) is 22.8 Å². The molecule has 0 spiro atoms. The van der Waals surface area contributed by atoms with E-state index >= 15 is 0 Å². The summed E-state index contributed by atoms with van der Waals surface area (Å²) in [5.74, 6) is 0.341. The molecule has 0 atom stereocenters. The number of benzene rings is 1. The third kappa shape index (κ3) is 3.40. The van der Waals surface area contributed by atoms with Crippen molar-refractivity contribution in [1.82, 2.24) is 9.29 Å². The van der Waals surface area contributed by atoms with Crippen molar-refractivity contribution in [3.05, 3.63) is 44.8 Å². The van der Waals surface area contributed by atoms with Crippen LogP contribution in [0, 0.1) is 0 Å². The maximum atomic E-state index is 12.5. The molecule has 0 saturated heterocycles. The summed E-state index contributed by atoms with van der Waals surface area (Å²) in [6.45, 7) is 0.246. The van der Waals surface area contributed by atoms with E-state index in [0.29, 0.717) is 10.4 Å². The van der Waals surface area contributed by atoms with Crippen LogP contribution in [0.2, 0.25) is 0 Å². The Bertz CT molecular complexity index is 689. The molecule has 0 saturated carbocycles. The van der Waals surface area contributed by atoms with Gasteiger partial charge in [-0.15, -0.1) is 22.9 Å². The van der Waals surface area contributed by atoms with Crippen LogP contribution in [-0.4, -0.2) is 24.8 Å². The van der Waals surface area contributed by atoms with E-state index in [4.69, 9.17) is 11.6 Å². The number of thiazole rings is 1. The Morgan fingerprint density at radius 3 is 2.75 bits per heavy atom. The maximum absolute atomic E-state index is 12.5. The van der Waals surface area contributed by atoms with Gasteiger partial charge in [-0.3, -0.25) is 0 Å². The SMILES string of the molecule is CN(Cc1cscn1)S(=O)(=O)c1ccc(CCl)cc1Br. The first kappa shape index (κ1) is 15.9. The van der Waals surface area contributed by atoms with Gasteiger partial charge < -0.3 is 0 Å². The molecule has 0 bridgehead atoms. The van der Waals surface area contributed by atoms with Crippen molar-refractivity contribution >= 4 is 48.9 Å². The van der Waals surface area contributed by atoms with Crippen LogP contribution in [-0.2, 0) is 22.4 Å². The number of alkyl halides is 1. The molecule has 1 aromatic carbocycles. The van der Waals surface area contributed by atoms with Gasteiger partial charge >= 0.3 is 0 Å². The van der Waals surface area contributed by atoms with Crippen molar-refractivity contribution in [3.8, 4) is 0 Å².